The van der Waals surface area contributed by atoms with E-state index in [9.17, 15) is 9.59 Å². The first-order valence-electron chi connectivity index (χ1n) is 15.3. The lowest BCUT2D eigenvalue weighted by molar-refractivity contribution is -0.128. The van der Waals surface area contributed by atoms with Gasteiger partial charge in [0.05, 0.1) is 11.7 Å². The molecular formula is C36H43N3O2. The minimum atomic E-state index is -0.597. The van der Waals surface area contributed by atoms with E-state index in [-0.39, 0.29) is 23.8 Å². The number of hydrogen-bond acceptors (Lipinski definition) is 2. The Labute approximate surface area is 244 Å². The fourth-order valence-corrected chi connectivity index (χ4v) is 6.36. The number of fused-ring (bicyclic) bond motifs is 2. The summed E-state index contributed by atoms with van der Waals surface area (Å²) >= 11 is 0. The molecule has 0 bridgehead atoms. The van der Waals surface area contributed by atoms with Gasteiger partial charge in [0.2, 0.25) is 5.91 Å². The van der Waals surface area contributed by atoms with Crippen LogP contribution in [0, 0.1) is 5.92 Å². The Morgan fingerprint density at radius 3 is 2.37 bits per heavy atom. The van der Waals surface area contributed by atoms with Crippen LogP contribution in [0.1, 0.15) is 93.7 Å². The number of nitrogens with one attached hydrogen (secondary N) is 2. The molecule has 5 rings (SSSR count). The third-order valence-electron chi connectivity index (χ3n) is 8.71. The van der Waals surface area contributed by atoms with Crippen LogP contribution in [0.25, 0.3) is 22.2 Å². The van der Waals surface area contributed by atoms with Gasteiger partial charge in [-0.1, -0.05) is 120 Å². The molecule has 0 fully saturated rings. The van der Waals surface area contributed by atoms with Crippen molar-refractivity contribution in [3.8, 4) is 11.3 Å². The molecule has 0 spiro atoms. The van der Waals surface area contributed by atoms with E-state index in [4.69, 9.17) is 0 Å². The van der Waals surface area contributed by atoms with Crippen molar-refractivity contribution < 1.29 is 9.59 Å². The average molecular weight is 550 g/mol. The number of unbranched alkanes of at least 4 members (excludes halogenated alkanes) is 3. The maximum Gasteiger partial charge on any atom is 0.255 e. The summed E-state index contributed by atoms with van der Waals surface area (Å²) in [5, 5.41) is 4.37. The van der Waals surface area contributed by atoms with Gasteiger partial charge in [-0.25, -0.2) is 0 Å². The summed E-state index contributed by atoms with van der Waals surface area (Å²) in [6.07, 6.45) is 6.40. The summed E-state index contributed by atoms with van der Waals surface area (Å²) in [5.41, 5.74) is 5.73. The molecule has 214 valence electrons. The van der Waals surface area contributed by atoms with Crippen molar-refractivity contribution in [2.75, 3.05) is 0 Å². The number of benzene rings is 3. The maximum atomic E-state index is 14.3. The van der Waals surface area contributed by atoms with Crippen molar-refractivity contribution in [1.29, 1.82) is 0 Å². The van der Waals surface area contributed by atoms with Crippen molar-refractivity contribution in [3.05, 3.63) is 95.6 Å². The Balaban J connectivity index is 1.62. The minimum Gasteiger partial charge on any atom is -0.354 e. The number of aromatic nitrogens is 1. The van der Waals surface area contributed by atoms with E-state index in [1.54, 1.807) is 0 Å². The summed E-state index contributed by atoms with van der Waals surface area (Å²) in [6.45, 7) is 8.49. The second-order valence-corrected chi connectivity index (χ2v) is 11.6. The molecule has 2 N–H and O–H groups in total. The molecule has 3 aromatic carbocycles. The first-order valence-corrected chi connectivity index (χ1v) is 15.3. The van der Waals surface area contributed by atoms with E-state index in [0.717, 1.165) is 52.5 Å². The van der Waals surface area contributed by atoms with Crippen LogP contribution < -0.4 is 5.32 Å². The zero-order valence-electron chi connectivity index (χ0n) is 24.8. The van der Waals surface area contributed by atoms with Crippen LogP contribution in [-0.2, 0) is 4.79 Å². The van der Waals surface area contributed by atoms with Gasteiger partial charge in [-0.15, -0.1) is 0 Å². The van der Waals surface area contributed by atoms with Gasteiger partial charge in [0.15, 0.2) is 0 Å². The Morgan fingerprint density at radius 2 is 1.61 bits per heavy atom. The van der Waals surface area contributed by atoms with E-state index in [1.165, 1.54) is 19.3 Å². The highest BCUT2D eigenvalue weighted by atomic mass is 16.2. The maximum absolute atomic E-state index is 14.3. The second-order valence-electron chi connectivity index (χ2n) is 11.6. The van der Waals surface area contributed by atoms with Crippen LogP contribution in [0.5, 0.6) is 0 Å². The lowest BCUT2D eigenvalue weighted by atomic mass is 9.90. The number of H-pyrrole nitrogens is 1. The molecule has 4 atom stereocenters. The standard InChI is InChI=1S/C36H43N3O2/c1-5-7-8-10-17-25(4)37-35(40)33(24(3)6-2)39-34(27-20-13-14-21-28(27)36(39)41)31-29-22-15-16-23-30(29)38-32(31)26-18-11-9-12-19-26/h9,11-16,18-25,33-34,38H,5-8,10,17H2,1-4H3,(H,37,40). The van der Waals surface area contributed by atoms with Crippen molar-refractivity contribution in [1.82, 2.24) is 15.2 Å². The van der Waals surface area contributed by atoms with Crippen LogP contribution in [0.2, 0.25) is 0 Å². The van der Waals surface area contributed by atoms with Gasteiger partial charge >= 0.3 is 0 Å². The number of hydrogen-bond donors (Lipinski definition) is 2. The summed E-state index contributed by atoms with van der Waals surface area (Å²) in [5.74, 6) is -0.158. The highest BCUT2D eigenvalue weighted by Crippen LogP contribution is 2.47. The van der Waals surface area contributed by atoms with E-state index < -0.39 is 12.1 Å². The van der Waals surface area contributed by atoms with Gasteiger partial charge in [0, 0.05) is 28.1 Å². The second kappa shape index (κ2) is 12.8. The molecular weight excluding hydrogens is 506 g/mol. The van der Waals surface area contributed by atoms with E-state index in [0.29, 0.717) is 5.56 Å². The van der Waals surface area contributed by atoms with Crippen molar-refractivity contribution in [3.63, 3.8) is 0 Å². The first-order chi connectivity index (χ1) is 20.0. The Bertz CT molecular complexity index is 1490. The molecule has 0 radical (unpaired) electrons. The van der Waals surface area contributed by atoms with Gasteiger partial charge < -0.3 is 15.2 Å². The molecule has 4 aromatic rings. The highest BCUT2D eigenvalue weighted by molar-refractivity contribution is 6.04. The van der Waals surface area contributed by atoms with Crippen LogP contribution in [0.3, 0.4) is 0 Å². The van der Waals surface area contributed by atoms with Crippen molar-refractivity contribution in [2.45, 2.75) is 84.3 Å². The average Bonchev–Trinajstić information content (AvgIpc) is 3.51. The summed E-state index contributed by atoms with van der Waals surface area (Å²) in [6, 6.07) is 25.5. The minimum absolute atomic E-state index is 0.0200. The molecule has 5 nitrogen and oxygen atoms in total. The molecule has 1 aromatic heterocycles. The number of rotatable bonds is 12. The fraction of sp³-hybridized carbons (Fsp3) is 0.389. The van der Waals surface area contributed by atoms with Crippen LogP contribution >= 0.6 is 0 Å². The first kappa shape index (κ1) is 28.7. The van der Waals surface area contributed by atoms with Gasteiger partial charge in [-0.05, 0) is 42.5 Å². The zero-order chi connectivity index (χ0) is 28.9. The molecule has 0 aliphatic carbocycles. The fourth-order valence-electron chi connectivity index (χ4n) is 6.36. The van der Waals surface area contributed by atoms with Crippen molar-refractivity contribution in [2.24, 2.45) is 5.92 Å². The molecule has 4 unspecified atom stereocenters. The number of carbonyl (C=O) groups is 2. The lowest BCUT2D eigenvalue weighted by Gasteiger charge is -2.37. The third kappa shape index (κ3) is 5.68. The SMILES string of the molecule is CCCCCCC(C)NC(=O)C(C(C)CC)N1C(=O)c2ccccc2C1c1c(-c2ccccc2)[nH]c2ccccc12. The lowest BCUT2D eigenvalue weighted by Crippen LogP contribution is -2.53. The van der Waals surface area contributed by atoms with Gasteiger partial charge in [-0.3, -0.25) is 9.59 Å². The molecule has 2 amide bonds. The Kier molecular flexibility index (Phi) is 8.92. The van der Waals surface area contributed by atoms with Gasteiger partial charge in [0.1, 0.15) is 6.04 Å². The van der Waals surface area contributed by atoms with Gasteiger partial charge in [0.25, 0.3) is 5.91 Å². The number of amides is 2. The summed E-state index contributed by atoms with van der Waals surface area (Å²) in [7, 11) is 0. The Hall–Kier alpha value is -3.86. The van der Waals surface area contributed by atoms with Crippen molar-refractivity contribution >= 4 is 22.7 Å². The molecule has 5 heteroatoms. The molecule has 2 heterocycles. The highest BCUT2D eigenvalue weighted by Gasteiger charge is 2.47. The predicted octanol–water partition coefficient (Wildman–Crippen LogP) is 8.27. The molecule has 1 aliphatic rings. The van der Waals surface area contributed by atoms with Crippen LogP contribution in [-0.4, -0.2) is 33.8 Å². The largest absolute Gasteiger partial charge is 0.354 e. The summed E-state index contributed by atoms with van der Waals surface area (Å²) in [4.78, 5) is 34.0. The number of carbonyl (C=O) groups excluding carboxylic acids is 2. The topological polar surface area (TPSA) is 65.2 Å². The third-order valence-corrected chi connectivity index (χ3v) is 8.71. The molecule has 0 saturated carbocycles. The predicted molar refractivity (Wildman–Crippen MR) is 168 cm³/mol. The van der Waals surface area contributed by atoms with Crippen LogP contribution in [0.15, 0.2) is 78.9 Å². The monoisotopic (exact) mass is 549 g/mol. The van der Waals surface area contributed by atoms with E-state index in [2.05, 4.69) is 68.3 Å². The van der Waals surface area contributed by atoms with Crippen LogP contribution in [0.4, 0.5) is 0 Å². The van der Waals surface area contributed by atoms with Gasteiger partial charge in [-0.2, -0.15) is 0 Å². The summed E-state index contributed by atoms with van der Waals surface area (Å²) < 4.78 is 0. The normalized spacial score (nSPS) is 16.9. The zero-order valence-corrected chi connectivity index (χ0v) is 24.8. The van der Waals surface area contributed by atoms with E-state index in [1.807, 2.05) is 53.4 Å². The number of nitrogens with zero attached hydrogens (tertiary/aromatic N) is 1. The molecule has 0 saturated heterocycles. The molecule has 1 aliphatic heterocycles. The number of aromatic amines is 1. The quantitative estimate of drug-likeness (QED) is 0.175. The van der Waals surface area contributed by atoms with E-state index >= 15 is 0 Å². The molecule has 41 heavy (non-hydrogen) atoms. The Morgan fingerprint density at radius 1 is 0.902 bits per heavy atom. The smallest absolute Gasteiger partial charge is 0.255 e. The number of para-hydroxylation sites is 1.